The van der Waals surface area contributed by atoms with E-state index >= 15 is 0 Å². The van der Waals surface area contributed by atoms with Crippen LogP contribution in [0.25, 0.3) is 0 Å². The lowest BCUT2D eigenvalue weighted by atomic mass is 9.98. The standard InChI is InChI=1S/C24H21F8N3O2/c1-11-2-5-18(35(11)22(37)13-6-7-33-19(8-13)24(30,31)32)21(36)34-20(12-3-4-12)14-9-17(26)15(10-16(14)25)23(27,28)29/h6-12,18,20H,2-5H2,1H3,(H,34,36)/t11-,18-,20-/m1/s1. The predicted octanol–water partition coefficient (Wildman–Crippen LogP) is 5.66. The van der Waals surface area contributed by atoms with Gasteiger partial charge in [0.1, 0.15) is 23.4 Å². The van der Waals surface area contributed by atoms with E-state index in [1.54, 1.807) is 6.92 Å². The third-order valence-electron chi connectivity index (χ3n) is 6.62. The Balaban J connectivity index is 1.59. The molecule has 200 valence electrons. The van der Waals surface area contributed by atoms with Crippen LogP contribution in [0.2, 0.25) is 0 Å². The largest absolute Gasteiger partial charge is 0.433 e. The Morgan fingerprint density at radius 1 is 0.973 bits per heavy atom. The molecule has 0 bridgehead atoms. The van der Waals surface area contributed by atoms with Gasteiger partial charge in [0, 0.05) is 23.4 Å². The molecule has 3 atom stereocenters. The van der Waals surface area contributed by atoms with Gasteiger partial charge in [0.2, 0.25) is 5.91 Å². The minimum absolute atomic E-state index is 0.0430. The van der Waals surface area contributed by atoms with Crippen molar-refractivity contribution in [1.82, 2.24) is 15.2 Å². The molecule has 0 unspecified atom stereocenters. The number of rotatable bonds is 5. The van der Waals surface area contributed by atoms with Gasteiger partial charge in [-0.05, 0) is 62.8 Å². The van der Waals surface area contributed by atoms with Crippen LogP contribution in [0.3, 0.4) is 0 Å². The number of aromatic nitrogens is 1. The summed E-state index contributed by atoms with van der Waals surface area (Å²) in [6, 6.07) is -0.673. The molecule has 1 aliphatic heterocycles. The summed E-state index contributed by atoms with van der Waals surface area (Å²) in [5, 5.41) is 2.54. The van der Waals surface area contributed by atoms with Crippen molar-refractivity contribution in [3.8, 4) is 0 Å². The predicted molar refractivity (Wildman–Crippen MR) is 113 cm³/mol. The second kappa shape index (κ2) is 9.56. The van der Waals surface area contributed by atoms with Gasteiger partial charge in [-0.1, -0.05) is 0 Å². The molecule has 0 spiro atoms. The average molecular weight is 535 g/mol. The third kappa shape index (κ3) is 5.54. The molecule has 13 heteroatoms. The van der Waals surface area contributed by atoms with Gasteiger partial charge < -0.3 is 10.2 Å². The van der Waals surface area contributed by atoms with Crippen LogP contribution < -0.4 is 5.32 Å². The van der Waals surface area contributed by atoms with Gasteiger partial charge in [-0.2, -0.15) is 26.3 Å². The molecule has 4 rings (SSSR count). The first kappa shape index (κ1) is 26.8. The van der Waals surface area contributed by atoms with E-state index in [4.69, 9.17) is 0 Å². The molecule has 1 aliphatic carbocycles. The van der Waals surface area contributed by atoms with Crippen molar-refractivity contribution in [1.29, 1.82) is 0 Å². The number of hydrogen-bond acceptors (Lipinski definition) is 3. The number of benzene rings is 1. The van der Waals surface area contributed by atoms with E-state index in [0.29, 0.717) is 31.4 Å². The smallest absolute Gasteiger partial charge is 0.347 e. The summed E-state index contributed by atoms with van der Waals surface area (Å²) in [5.74, 6) is -4.98. The Kier molecular flexibility index (Phi) is 6.93. The molecular formula is C24H21F8N3O2. The Morgan fingerprint density at radius 2 is 1.65 bits per heavy atom. The number of nitrogens with zero attached hydrogens (tertiary/aromatic N) is 2. The van der Waals surface area contributed by atoms with Gasteiger partial charge in [-0.15, -0.1) is 0 Å². The average Bonchev–Trinajstić information content (AvgIpc) is 3.58. The first-order chi connectivity index (χ1) is 17.2. The van der Waals surface area contributed by atoms with Gasteiger partial charge in [0.25, 0.3) is 5.91 Å². The second-order valence-electron chi connectivity index (χ2n) is 9.26. The number of pyridine rings is 1. The second-order valence-corrected chi connectivity index (χ2v) is 9.26. The Morgan fingerprint density at radius 3 is 2.24 bits per heavy atom. The zero-order valence-corrected chi connectivity index (χ0v) is 19.3. The van der Waals surface area contributed by atoms with Gasteiger partial charge in [0.05, 0.1) is 11.6 Å². The maximum Gasteiger partial charge on any atom is 0.433 e. The molecule has 1 saturated carbocycles. The summed E-state index contributed by atoms with van der Waals surface area (Å²) in [5.41, 5.74) is -3.83. The first-order valence-electron chi connectivity index (χ1n) is 11.4. The maximum atomic E-state index is 14.7. The first-order valence-corrected chi connectivity index (χ1v) is 11.4. The molecule has 0 radical (unpaired) electrons. The van der Waals surface area contributed by atoms with Crippen molar-refractivity contribution < 1.29 is 44.7 Å². The number of nitrogens with one attached hydrogen (secondary N) is 1. The molecule has 37 heavy (non-hydrogen) atoms. The van der Waals surface area contributed by atoms with E-state index in [1.807, 2.05) is 0 Å². The number of hydrogen-bond donors (Lipinski definition) is 1. The van der Waals surface area contributed by atoms with Crippen LogP contribution in [0.5, 0.6) is 0 Å². The molecule has 5 nitrogen and oxygen atoms in total. The molecule has 2 fully saturated rings. The van der Waals surface area contributed by atoms with Gasteiger partial charge in [-0.25, -0.2) is 8.78 Å². The fraction of sp³-hybridized carbons (Fsp3) is 0.458. The van der Waals surface area contributed by atoms with Crippen molar-refractivity contribution in [2.24, 2.45) is 5.92 Å². The number of likely N-dealkylation sites (tertiary alicyclic amines) is 1. The molecule has 1 aromatic carbocycles. The maximum absolute atomic E-state index is 14.7. The summed E-state index contributed by atoms with van der Waals surface area (Å²) < 4.78 is 107. The number of carbonyl (C=O) groups is 2. The Hall–Kier alpha value is -3.25. The summed E-state index contributed by atoms with van der Waals surface area (Å²) in [7, 11) is 0. The lowest BCUT2D eigenvalue weighted by molar-refractivity contribution is -0.141. The molecule has 2 amide bonds. The Bertz CT molecular complexity index is 1210. The summed E-state index contributed by atoms with van der Waals surface area (Å²) in [4.78, 5) is 30.7. The number of alkyl halides is 6. The molecule has 1 aromatic heterocycles. The highest BCUT2D eigenvalue weighted by atomic mass is 19.4. The minimum atomic E-state index is -5.11. The normalized spacial score (nSPS) is 21.2. The third-order valence-corrected chi connectivity index (χ3v) is 6.62. The van der Waals surface area contributed by atoms with Gasteiger partial charge in [-0.3, -0.25) is 14.6 Å². The fourth-order valence-electron chi connectivity index (χ4n) is 4.60. The minimum Gasteiger partial charge on any atom is -0.347 e. The van der Waals surface area contributed by atoms with Crippen LogP contribution in [0.15, 0.2) is 30.5 Å². The van der Waals surface area contributed by atoms with Gasteiger partial charge >= 0.3 is 12.4 Å². The highest BCUT2D eigenvalue weighted by Gasteiger charge is 2.44. The highest BCUT2D eigenvalue weighted by Crippen LogP contribution is 2.43. The van der Waals surface area contributed by atoms with Crippen molar-refractivity contribution in [2.45, 2.75) is 63.1 Å². The van der Waals surface area contributed by atoms with E-state index in [0.717, 1.165) is 17.2 Å². The number of halogens is 8. The summed E-state index contributed by atoms with van der Waals surface area (Å²) in [6.45, 7) is 1.61. The van der Waals surface area contributed by atoms with Gasteiger partial charge in [0.15, 0.2) is 0 Å². The summed E-state index contributed by atoms with van der Waals surface area (Å²) >= 11 is 0. The van der Waals surface area contributed by atoms with Crippen molar-refractivity contribution >= 4 is 11.8 Å². The zero-order valence-electron chi connectivity index (χ0n) is 19.3. The molecule has 2 aliphatic rings. The molecular weight excluding hydrogens is 514 g/mol. The van der Waals surface area contributed by atoms with Crippen molar-refractivity contribution in [3.63, 3.8) is 0 Å². The van der Waals surface area contributed by atoms with E-state index in [1.165, 1.54) is 0 Å². The van der Waals surface area contributed by atoms with Crippen molar-refractivity contribution in [3.05, 3.63) is 64.5 Å². The molecule has 2 heterocycles. The van der Waals surface area contributed by atoms with Crippen LogP contribution >= 0.6 is 0 Å². The zero-order chi connectivity index (χ0) is 27.3. The van der Waals surface area contributed by atoms with E-state index in [-0.39, 0.29) is 24.0 Å². The highest BCUT2D eigenvalue weighted by molar-refractivity contribution is 5.98. The van der Waals surface area contributed by atoms with Crippen LogP contribution in [0.4, 0.5) is 35.1 Å². The van der Waals surface area contributed by atoms with E-state index in [9.17, 15) is 44.7 Å². The quantitative estimate of drug-likeness (QED) is 0.503. The van der Waals surface area contributed by atoms with Crippen molar-refractivity contribution in [2.75, 3.05) is 0 Å². The SMILES string of the molecule is C[C@@H]1CC[C@H](C(=O)N[C@@H](c2cc(F)c(C(F)(F)F)cc2F)C2CC2)N1C(=O)c1ccnc(C(F)(F)F)c1. The van der Waals surface area contributed by atoms with E-state index < -0.39 is 70.7 Å². The number of carbonyl (C=O) groups excluding carboxylic acids is 2. The monoisotopic (exact) mass is 535 g/mol. The lowest BCUT2D eigenvalue weighted by Crippen LogP contribution is -2.49. The van der Waals surface area contributed by atoms with Crippen LogP contribution in [-0.2, 0) is 17.1 Å². The van der Waals surface area contributed by atoms with E-state index in [2.05, 4.69) is 10.3 Å². The molecule has 1 N–H and O–H groups in total. The van der Waals surface area contributed by atoms with Crippen LogP contribution in [0, 0.1) is 17.6 Å². The van der Waals surface area contributed by atoms with Crippen LogP contribution in [0.1, 0.15) is 65.8 Å². The van der Waals surface area contributed by atoms with Crippen LogP contribution in [-0.4, -0.2) is 33.8 Å². The summed E-state index contributed by atoms with van der Waals surface area (Å²) in [6.07, 6.45) is -7.56. The topological polar surface area (TPSA) is 62.3 Å². The Labute approximate surface area is 205 Å². The number of amides is 2. The molecule has 2 aromatic rings. The molecule has 1 saturated heterocycles. The fourth-order valence-corrected chi connectivity index (χ4v) is 4.60. The lowest BCUT2D eigenvalue weighted by Gasteiger charge is -2.30.